The molecule has 0 saturated carbocycles. The average Bonchev–Trinajstić information content (AvgIpc) is 2.55. The molecular weight excluding hydrogens is 453 g/mol. The number of halogens is 5. The molecule has 0 aliphatic heterocycles. The minimum atomic E-state index is -1.25. The van der Waals surface area contributed by atoms with Crippen molar-refractivity contribution in [3.63, 3.8) is 0 Å². The summed E-state index contributed by atoms with van der Waals surface area (Å²) in [7, 11) is 0. The summed E-state index contributed by atoms with van der Waals surface area (Å²) < 4.78 is 0. The minimum Gasteiger partial charge on any atom is -0.476 e. The molecule has 7 nitrogen and oxygen atoms in total. The van der Waals surface area contributed by atoms with Gasteiger partial charge in [-0.2, -0.15) is 0 Å². The predicted octanol–water partition coefficient (Wildman–Crippen LogP) is 4.40. The maximum absolute atomic E-state index is 10.6. The highest BCUT2D eigenvalue weighted by atomic mass is 35.5. The van der Waals surface area contributed by atoms with E-state index >= 15 is 0 Å². The van der Waals surface area contributed by atoms with E-state index in [1.54, 1.807) is 0 Å². The van der Waals surface area contributed by atoms with E-state index in [0.717, 1.165) is 6.20 Å². The Morgan fingerprint density at radius 1 is 0.846 bits per heavy atom. The van der Waals surface area contributed by atoms with Crippen LogP contribution in [0.25, 0.3) is 0 Å². The summed E-state index contributed by atoms with van der Waals surface area (Å²) in [6, 6.07) is 0. The molecule has 2 aromatic heterocycles. The zero-order valence-corrected chi connectivity index (χ0v) is 16.3. The van der Waals surface area contributed by atoms with Crippen molar-refractivity contribution in [2.24, 2.45) is 0 Å². The summed E-state index contributed by atoms with van der Waals surface area (Å²) in [5, 5.41) is 26.4. The van der Waals surface area contributed by atoms with Crippen molar-refractivity contribution < 1.29 is 24.9 Å². The Bertz CT molecular complexity index is 777. The third-order valence-electron chi connectivity index (χ3n) is 2.83. The minimum absolute atomic E-state index is 0.00463. The molecule has 0 aliphatic carbocycles. The second kappa shape index (κ2) is 10.1. The number of carboxylic acid groups (broad SMARTS) is 2. The molecule has 2 aromatic rings. The molecule has 0 radical (unpaired) electrons. The van der Waals surface area contributed by atoms with Crippen LogP contribution in [0.3, 0.4) is 0 Å². The summed E-state index contributed by atoms with van der Waals surface area (Å²) in [4.78, 5) is 28.2. The molecule has 140 valence electrons. The number of rotatable bonds is 4. The average molecular weight is 463 g/mol. The monoisotopic (exact) mass is 460 g/mol. The summed E-state index contributed by atoms with van der Waals surface area (Å²) >= 11 is 28.1. The fraction of sp³-hybridized carbons (Fsp3) is 0.143. The molecule has 12 heteroatoms. The van der Waals surface area contributed by atoms with Crippen LogP contribution < -0.4 is 0 Å². The van der Waals surface area contributed by atoms with Gasteiger partial charge in [-0.05, 0) is 0 Å². The van der Waals surface area contributed by atoms with Crippen molar-refractivity contribution in [1.82, 2.24) is 9.97 Å². The van der Waals surface area contributed by atoms with Gasteiger partial charge >= 0.3 is 11.9 Å². The van der Waals surface area contributed by atoms with Gasteiger partial charge in [0.25, 0.3) is 0 Å². The molecule has 26 heavy (non-hydrogen) atoms. The van der Waals surface area contributed by atoms with Crippen LogP contribution in [-0.4, -0.2) is 37.2 Å². The smallest absolute Gasteiger partial charge is 0.356 e. The molecule has 0 spiro atoms. The highest BCUT2D eigenvalue weighted by molar-refractivity contribution is 6.38. The Kier molecular flexibility index (Phi) is 8.82. The first kappa shape index (κ1) is 22.7. The van der Waals surface area contributed by atoms with Gasteiger partial charge in [-0.3, -0.25) is 0 Å². The van der Waals surface area contributed by atoms with E-state index in [4.69, 9.17) is 73.3 Å². The van der Waals surface area contributed by atoms with Gasteiger partial charge in [-0.25, -0.2) is 19.6 Å². The number of aliphatic hydroxyl groups is 1. The van der Waals surface area contributed by atoms with Gasteiger partial charge in [0.05, 0.1) is 32.6 Å². The molecule has 2 heterocycles. The predicted molar refractivity (Wildman–Crippen MR) is 97.9 cm³/mol. The maximum Gasteiger partial charge on any atom is 0.356 e. The van der Waals surface area contributed by atoms with Crippen LogP contribution in [0.4, 0.5) is 0 Å². The number of pyridine rings is 2. The number of carboxylic acids is 2. The second-order valence-corrected chi connectivity index (χ2v) is 6.23. The van der Waals surface area contributed by atoms with E-state index in [1.807, 2.05) is 0 Å². The Balaban J connectivity index is 0.000000260. The van der Waals surface area contributed by atoms with Crippen molar-refractivity contribution in [2.75, 3.05) is 0 Å². The van der Waals surface area contributed by atoms with Crippen molar-refractivity contribution in [2.45, 2.75) is 12.5 Å². The third kappa shape index (κ3) is 5.33. The van der Waals surface area contributed by atoms with Gasteiger partial charge in [0, 0.05) is 23.5 Å². The first-order valence-corrected chi connectivity index (χ1v) is 8.49. The number of hydrogen-bond acceptors (Lipinski definition) is 5. The van der Waals surface area contributed by atoms with E-state index in [1.165, 1.54) is 6.20 Å². The zero-order valence-electron chi connectivity index (χ0n) is 12.5. The number of carbonyl (C=O) groups is 2. The summed E-state index contributed by atoms with van der Waals surface area (Å²) in [6.07, 6.45) is 2.36. The van der Waals surface area contributed by atoms with Crippen LogP contribution in [0.5, 0.6) is 0 Å². The number of aromatic nitrogens is 2. The van der Waals surface area contributed by atoms with Crippen LogP contribution >= 0.6 is 58.0 Å². The lowest BCUT2D eigenvalue weighted by atomic mass is 10.2. The number of aromatic carboxylic acids is 2. The quantitative estimate of drug-likeness (QED) is 0.576. The van der Waals surface area contributed by atoms with Gasteiger partial charge in [0.15, 0.2) is 11.4 Å². The van der Waals surface area contributed by atoms with E-state index in [9.17, 15) is 9.59 Å². The summed E-state index contributed by atoms with van der Waals surface area (Å²) in [6.45, 7) is -0.416. The Labute approximate surface area is 172 Å². The number of nitrogens with zero attached hydrogens (tertiary/aromatic N) is 2. The maximum atomic E-state index is 10.6. The molecule has 0 fully saturated rings. The largest absolute Gasteiger partial charge is 0.476 e. The molecule has 0 unspecified atom stereocenters. The van der Waals surface area contributed by atoms with Crippen LogP contribution in [0.2, 0.25) is 20.1 Å². The Morgan fingerprint density at radius 2 is 1.23 bits per heavy atom. The van der Waals surface area contributed by atoms with E-state index < -0.39 is 18.5 Å². The third-order valence-corrected chi connectivity index (χ3v) is 4.57. The van der Waals surface area contributed by atoms with Gasteiger partial charge < -0.3 is 15.3 Å². The van der Waals surface area contributed by atoms with Crippen molar-refractivity contribution in [3.05, 3.63) is 55.0 Å². The molecular formula is C14H9Cl5N2O5. The zero-order chi connectivity index (χ0) is 20.0. The van der Waals surface area contributed by atoms with Crippen molar-refractivity contribution in [1.29, 1.82) is 0 Å². The lowest BCUT2D eigenvalue weighted by Crippen LogP contribution is -2.04. The van der Waals surface area contributed by atoms with Gasteiger partial charge in [-0.15, -0.1) is 11.6 Å². The standard InChI is InChI=1S/C7H4Cl3NO2.C7H5Cl2NO3/c8-1-3-4(9)2-11-6(5(3)10)7(12)13;8-4-1-10-6(7(12)13)5(9)3(4)2-11/h2H,1H2,(H,12,13);1,11H,2H2,(H,12,13). The van der Waals surface area contributed by atoms with E-state index in [-0.39, 0.29) is 42.9 Å². The molecule has 0 bridgehead atoms. The fourth-order valence-electron chi connectivity index (χ4n) is 1.57. The fourth-order valence-corrected chi connectivity index (χ4v) is 3.09. The van der Waals surface area contributed by atoms with Crippen molar-refractivity contribution >= 4 is 69.9 Å². The van der Waals surface area contributed by atoms with Gasteiger partial charge in [0.1, 0.15) is 0 Å². The summed E-state index contributed by atoms with van der Waals surface area (Å²) in [5.41, 5.74) is 0.0185. The molecule has 3 N–H and O–H groups in total. The number of hydrogen-bond donors (Lipinski definition) is 3. The normalized spacial score (nSPS) is 10.1. The van der Waals surface area contributed by atoms with E-state index in [0.29, 0.717) is 5.56 Å². The Morgan fingerprint density at radius 3 is 1.58 bits per heavy atom. The lowest BCUT2D eigenvalue weighted by Gasteiger charge is -2.04. The van der Waals surface area contributed by atoms with Crippen LogP contribution in [0.1, 0.15) is 32.1 Å². The molecule has 0 aliphatic rings. The molecule has 0 saturated heterocycles. The van der Waals surface area contributed by atoms with Gasteiger partial charge in [0.2, 0.25) is 0 Å². The second-order valence-electron chi connectivity index (χ2n) is 4.40. The molecule has 2 rings (SSSR count). The van der Waals surface area contributed by atoms with Gasteiger partial charge in [-0.1, -0.05) is 46.4 Å². The SMILES string of the molecule is O=C(O)c1ncc(Cl)c(CCl)c1Cl.O=C(O)c1ncc(Cl)c(CO)c1Cl. The highest BCUT2D eigenvalue weighted by Crippen LogP contribution is 2.28. The highest BCUT2D eigenvalue weighted by Gasteiger charge is 2.17. The Hall–Kier alpha value is -1.35. The van der Waals surface area contributed by atoms with Crippen molar-refractivity contribution in [3.8, 4) is 0 Å². The first-order chi connectivity index (χ1) is 12.1. The molecule has 0 aromatic carbocycles. The van der Waals surface area contributed by atoms with Crippen LogP contribution in [-0.2, 0) is 12.5 Å². The molecule has 0 amide bonds. The molecule has 0 atom stereocenters. The topological polar surface area (TPSA) is 121 Å². The first-order valence-electron chi connectivity index (χ1n) is 6.44. The van der Waals surface area contributed by atoms with Crippen LogP contribution in [0.15, 0.2) is 12.4 Å². The van der Waals surface area contributed by atoms with E-state index in [2.05, 4.69) is 9.97 Å². The number of aliphatic hydroxyl groups excluding tert-OH is 1. The lowest BCUT2D eigenvalue weighted by molar-refractivity contribution is 0.0680. The summed E-state index contributed by atoms with van der Waals surface area (Å²) in [5.74, 6) is -2.40. The number of alkyl halides is 1. The van der Waals surface area contributed by atoms with Crippen LogP contribution in [0, 0.1) is 0 Å².